The van der Waals surface area contributed by atoms with Crippen LogP contribution in [0.5, 0.6) is 0 Å². The molecule has 0 spiro atoms. The summed E-state index contributed by atoms with van der Waals surface area (Å²) in [5, 5.41) is 0. The largest absolute Gasteiger partial charge is 0.341 e. The molecule has 1 fully saturated rings. The third-order valence-electron chi connectivity index (χ3n) is 5.17. The summed E-state index contributed by atoms with van der Waals surface area (Å²) < 4.78 is 28.2. The molecule has 1 amide bonds. The Kier molecular flexibility index (Phi) is 6.27. The molecule has 0 atom stereocenters. The minimum atomic E-state index is -3.56. The number of hydrogen-bond donors (Lipinski definition) is 0. The lowest BCUT2D eigenvalue weighted by molar-refractivity contribution is -0.131. The first-order valence-electron chi connectivity index (χ1n) is 9.05. The van der Waals surface area contributed by atoms with E-state index in [4.69, 9.17) is 0 Å². The fraction of sp³-hybridized carbons (Fsp3) is 0.632. The summed E-state index contributed by atoms with van der Waals surface area (Å²) in [6.45, 7) is 11.6. The Morgan fingerprint density at radius 2 is 1.60 bits per heavy atom. The summed E-state index contributed by atoms with van der Waals surface area (Å²) in [6, 6.07) is 2.04. The zero-order valence-corrected chi connectivity index (χ0v) is 16.9. The van der Waals surface area contributed by atoms with E-state index in [-0.39, 0.29) is 5.91 Å². The molecule has 1 aromatic rings. The number of rotatable bonds is 4. The highest BCUT2D eigenvalue weighted by molar-refractivity contribution is 7.89. The molecule has 0 aromatic heterocycles. The van der Waals surface area contributed by atoms with Crippen LogP contribution in [0.3, 0.4) is 0 Å². The van der Waals surface area contributed by atoms with Crippen molar-refractivity contribution < 1.29 is 13.2 Å². The zero-order chi connectivity index (χ0) is 18.8. The van der Waals surface area contributed by atoms with Gasteiger partial charge in [0, 0.05) is 32.6 Å². The van der Waals surface area contributed by atoms with Crippen molar-refractivity contribution in [3.8, 4) is 0 Å². The summed E-state index contributed by atoms with van der Waals surface area (Å²) in [4.78, 5) is 14.4. The smallest absolute Gasteiger partial charge is 0.243 e. The van der Waals surface area contributed by atoms with Crippen molar-refractivity contribution in [1.82, 2.24) is 9.21 Å². The summed E-state index contributed by atoms with van der Waals surface area (Å²) in [5.74, 6) is 0.125. The highest BCUT2D eigenvalue weighted by Crippen LogP contribution is 2.29. The van der Waals surface area contributed by atoms with Gasteiger partial charge in [0.2, 0.25) is 15.9 Å². The van der Waals surface area contributed by atoms with Gasteiger partial charge in [-0.15, -0.1) is 0 Å². The Labute approximate surface area is 152 Å². The van der Waals surface area contributed by atoms with Gasteiger partial charge in [-0.25, -0.2) is 8.42 Å². The second-order valence-corrected chi connectivity index (χ2v) is 8.85. The van der Waals surface area contributed by atoms with Crippen LogP contribution < -0.4 is 0 Å². The quantitative estimate of drug-likeness (QED) is 0.823. The van der Waals surface area contributed by atoms with Crippen molar-refractivity contribution in [3.63, 3.8) is 0 Å². The van der Waals surface area contributed by atoms with E-state index in [1.165, 1.54) is 0 Å². The van der Waals surface area contributed by atoms with Gasteiger partial charge in [0.1, 0.15) is 0 Å². The molecule has 2 rings (SSSR count). The highest BCUT2D eigenvalue weighted by atomic mass is 32.2. The monoisotopic (exact) mass is 366 g/mol. The molecule has 6 heteroatoms. The second-order valence-electron chi connectivity index (χ2n) is 6.98. The third kappa shape index (κ3) is 4.06. The normalized spacial score (nSPS) is 16.8. The number of benzene rings is 1. The van der Waals surface area contributed by atoms with Gasteiger partial charge < -0.3 is 4.90 Å². The van der Waals surface area contributed by atoms with E-state index in [0.29, 0.717) is 43.9 Å². The number of carbonyl (C=O) groups excluding carboxylic acids is 1. The van der Waals surface area contributed by atoms with E-state index < -0.39 is 10.0 Å². The summed E-state index contributed by atoms with van der Waals surface area (Å²) in [6.07, 6.45) is 2.03. The molecule has 1 saturated heterocycles. The Bertz CT molecular complexity index is 730. The van der Waals surface area contributed by atoms with Crippen molar-refractivity contribution in [2.75, 3.05) is 26.2 Å². The zero-order valence-electron chi connectivity index (χ0n) is 16.1. The van der Waals surface area contributed by atoms with Gasteiger partial charge in [-0.1, -0.05) is 13.0 Å². The fourth-order valence-electron chi connectivity index (χ4n) is 3.45. The molecule has 1 heterocycles. The van der Waals surface area contributed by atoms with Crippen molar-refractivity contribution in [1.29, 1.82) is 0 Å². The van der Waals surface area contributed by atoms with E-state index in [0.717, 1.165) is 28.7 Å². The Morgan fingerprint density at radius 1 is 1.00 bits per heavy atom. The Hall–Kier alpha value is -1.40. The maximum absolute atomic E-state index is 13.3. The average molecular weight is 367 g/mol. The molecule has 1 aliphatic rings. The van der Waals surface area contributed by atoms with Crippen LogP contribution in [0.15, 0.2) is 11.0 Å². The molecule has 0 unspecified atom stereocenters. The SMILES string of the molecule is CCCC(=O)N1CCCN(S(=O)(=O)c2c(C)c(C)cc(C)c2C)CC1. The van der Waals surface area contributed by atoms with Crippen LogP contribution >= 0.6 is 0 Å². The number of aryl methyl sites for hydroxylation is 2. The molecule has 0 N–H and O–H groups in total. The molecule has 1 aromatic carbocycles. The van der Waals surface area contributed by atoms with Gasteiger partial charge in [0.05, 0.1) is 4.90 Å². The van der Waals surface area contributed by atoms with Gasteiger partial charge in [-0.05, 0) is 62.8 Å². The summed E-state index contributed by atoms with van der Waals surface area (Å²) in [7, 11) is -3.56. The predicted octanol–water partition coefficient (Wildman–Crippen LogP) is 2.94. The first kappa shape index (κ1) is 19.9. The minimum Gasteiger partial charge on any atom is -0.341 e. The van der Waals surface area contributed by atoms with Gasteiger partial charge in [-0.3, -0.25) is 4.79 Å². The van der Waals surface area contributed by atoms with Crippen LogP contribution in [-0.2, 0) is 14.8 Å². The van der Waals surface area contributed by atoms with Crippen LogP contribution in [0, 0.1) is 27.7 Å². The Morgan fingerprint density at radius 3 is 2.16 bits per heavy atom. The van der Waals surface area contributed by atoms with Crippen molar-refractivity contribution in [2.24, 2.45) is 0 Å². The third-order valence-corrected chi connectivity index (χ3v) is 7.34. The number of carbonyl (C=O) groups is 1. The standard InChI is InChI=1S/C19H30N2O3S/c1-6-8-18(22)20-9-7-10-21(12-11-20)25(23,24)19-16(4)14(2)13-15(3)17(19)5/h13H,6-12H2,1-5H3. The average Bonchev–Trinajstić information content (AvgIpc) is 2.80. The maximum atomic E-state index is 13.3. The van der Waals surface area contributed by atoms with Gasteiger partial charge >= 0.3 is 0 Å². The molecule has 0 saturated carbocycles. The van der Waals surface area contributed by atoms with Crippen LogP contribution in [0.1, 0.15) is 48.4 Å². The van der Waals surface area contributed by atoms with Crippen LogP contribution in [0.2, 0.25) is 0 Å². The number of nitrogens with zero attached hydrogens (tertiary/aromatic N) is 2. The molecule has 25 heavy (non-hydrogen) atoms. The summed E-state index contributed by atoms with van der Waals surface area (Å²) in [5.41, 5.74) is 3.64. The predicted molar refractivity (Wildman–Crippen MR) is 100 cm³/mol. The topological polar surface area (TPSA) is 57.7 Å². The van der Waals surface area contributed by atoms with Gasteiger partial charge in [-0.2, -0.15) is 4.31 Å². The van der Waals surface area contributed by atoms with E-state index >= 15 is 0 Å². The second kappa shape index (κ2) is 7.87. The van der Waals surface area contributed by atoms with Crippen molar-refractivity contribution >= 4 is 15.9 Å². The van der Waals surface area contributed by atoms with E-state index in [2.05, 4.69) is 0 Å². The molecule has 0 radical (unpaired) electrons. The Balaban J connectivity index is 2.31. The molecule has 0 bridgehead atoms. The van der Waals surface area contributed by atoms with Gasteiger partial charge in [0.25, 0.3) is 0 Å². The molecule has 1 aliphatic heterocycles. The van der Waals surface area contributed by atoms with E-state index in [1.807, 2.05) is 40.7 Å². The lowest BCUT2D eigenvalue weighted by Crippen LogP contribution is -2.37. The molecule has 5 nitrogen and oxygen atoms in total. The molecule has 0 aliphatic carbocycles. The van der Waals surface area contributed by atoms with Crippen LogP contribution in [0.25, 0.3) is 0 Å². The molecular formula is C19H30N2O3S. The maximum Gasteiger partial charge on any atom is 0.243 e. The number of sulfonamides is 1. The van der Waals surface area contributed by atoms with Gasteiger partial charge in [0.15, 0.2) is 0 Å². The minimum absolute atomic E-state index is 0.125. The van der Waals surface area contributed by atoms with Crippen LogP contribution in [-0.4, -0.2) is 49.7 Å². The summed E-state index contributed by atoms with van der Waals surface area (Å²) >= 11 is 0. The highest BCUT2D eigenvalue weighted by Gasteiger charge is 2.31. The molecule has 140 valence electrons. The molecular weight excluding hydrogens is 336 g/mol. The fourth-order valence-corrected chi connectivity index (χ4v) is 5.50. The van der Waals surface area contributed by atoms with Crippen LogP contribution in [0.4, 0.5) is 0 Å². The lowest BCUT2D eigenvalue weighted by atomic mass is 10.0. The van der Waals surface area contributed by atoms with E-state index in [1.54, 1.807) is 9.21 Å². The van der Waals surface area contributed by atoms with E-state index in [9.17, 15) is 13.2 Å². The first-order valence-corrected chi connectivity index (χ1v) is 10.5. The lowest BCUT2D eigenvalue weighted by Gasteiger charge is -2.24. The van der Waals surface area contributed by atoms with Crippen molar-refractivity contribution in [3.05, 3.63) is 28.3 Å². The number of amides is 1. The number of hydrogen-bond acceptors (Lipinski definition) is 3. The first-order chi connectivity index (χ1) is 11.7. The van der Waals surface area contributed by atoms with Crippen molar-refractivity contribution in [2.45, 2.75) is 58.8 Å².